The first kappa shape index (κ1) is 29.5. The molecule has 0 unspecified atom stereocenters. The second-order valence-electron chi connectivity index (χ2n) is 14.6. The molecule has 0 saturated carbocycles. The number of hydrogen-bond acceptors (Lipinski definition) is 4. The Kier molecular flexibility index (Phi) is 6.24. The maximum atomic E-state index is 7.26. The topological polar surface area (TPSA) is 35.0 Å². The van der Waals surface area contributed by atoms with Crippen LogP contribution in [-0.2, 0) is 5.41 Å². The summed E-state index contributed by atoms with van der Waals surface area (Å²) in [5.74, 6) is 1.95. The van der Waals surface area contributed by atoms with Crippen molar-refractivity contribution in [3.63, 3.8) is 0 Å². The van der Waals surface area contributed by atoms with E-state index in [2.05, 4.69) is 142 Å². The molecule has 240 valence electrons. The molecular formula is C45H34N2OSSi. The molecule has 5 heteroatoms. The van der Waals surface area contributed by atoms with Gasteiger partial charge in [0.1, 0.15) is 19.6 Å². The van der Waals surface area contributed by atoms with Crippen LogP contribution in [0.15, 0.2) is 134 Å². The number of para-hydroxylation sites is 1. The molecule has 4 heterocycles. The van der Waals surface area contributed by atoms with Crippen LogP contribution in [0.5, 0.6) is 11.5 Å². The fraction of sp³-hybridized carbons (Fsp3) is 0.111. The van der Waals surface area contributed by atoms with Crippen molar-refractivity contribution < 1.29 is 4.74 Å². The van der Waals surface area contributed by atoms with Crippen molar-refractivity contribution in [3.05, 3.63) is 145 Å². The van der Waals surface area contributed by atoms with Crippen molar-refractivity contribution in [1.82, 2.24) is 9.97 Å². The van der Waals surface area contributed by atoms with Gasteiger partial charge >= 0.3 is 0 Å². The standard InChI is InChI=1S/C45H34N2OSSi/c1-45(2)33-15-7-5-13-30(33)42-34(45)20-22-41-44(42)48-43-31(14-11-18-40(43)50(41,3)4)37-26-28(35-16-9-10-23-46-35)25-36(47-37)27-19-21-39-32(24-27)29-12-6-8-17-38(29)49-39/h5-26H,1-4H3. The zero-order chi connectivity index (χ0) is 33.8. The Morgan fingerprint density at radius 3 is 2.22 bits per heavy atom. The van der Waals surface area contributed by atoms with Gasteiger partial charge < -0.3 is 4.74 Å². The van der Waals surface area contributed by atoms with Crippen LogP contribution in [-0.4, -0.2) is 18.0 Å². The Balaban J connectivity index is 1.19. The average Bonchev–Trinajstić information content (AvgIpc) is 3.63. The number of pyridine rings is 2. The molecule has 0 bridgehead atoms. The van der Waals surface area contributed by atoms with Gasteiger partial charge in [-0.25, -0.2) is 4.98 Å². The number of fused-ring (bicyclic) bond motifs is 9. The predicted molar refractivity (Wildman–Crippen MR) is 212 cm³/mol. The summed E-state index contributed by atoms with van der Waals surface area (Å²) in [5, 5.41) is 5.19. The van der Waals surface area contributed by atoms with E-state index in [0.717, 1.165) is 45.3 Å². The zero-order valence-electron chi connectivity index (χ0n) is 28.4. The smallest absolute Gasteiger partial charge is 0.136 e. The summed E-state index contributed by atoms with van der Waals surface area (Å²) in [4.78, 5) is 10.2. The van der Waals surface area contributed by atoms with Crippen molar-refractivity contribution in [2.24, 2.45) is 0 Å². The van der Waals surface area contributed by atoms with Crippen molar-refractivity contribution in [1.29, 1.82) is 0 Å². The van der Waals surface area contributed by atoms with Crippen LogP contribution in [0.1, 0.15) is 25.0 Å². The highest BCUT2D eigenvalue weighted by atomic mass is 32.1. The average molecular weight is 679 g/mol. The first-order valence-corrected chi connectivity index (χ1v) is 21.1. The lowest BCUT2D eigenvalue weighted by molar-refractivity contribution is 0.489. The van der Waals surface area contributed by atoms with E-state index in [0.29, 0.717) is 0 Å². The number of ether oxygens (including phenoxy) is 1. The van der Waals surface area contributed by atoms with E-state index < -0.39 is 8.07 Å². The SMILES string of the molecule is CC1(C)c2ccccc2-c2c1ccc1c2Oc2c(-c3cc(-c4ccccn4)cc(-c4ccc5sc6ccccc6c5c4)n3)cccc2[Si]1(C)C. The summed E-state index contributed by atoms with van der Waals surface area (Å²) in [6.45, 7) is 9.58. The highest BCUT2D eigenvalue weighted by Gasteiger charge is 2.44. The molecule has 0 N–H and O–H groups in total. The van der Waals surface area contributed by atoms with E-state index in [1.807, 2.05) is 29.7 Å². The van der Waals surface area contributed by atoms with E-state index in [1.165, 1.54) is 52.8 Å². The van der Waals surface area contributed by atoms with E-state index in [-0.39, 0.29) is 5.41 Å². The molecule has 3 nitrogen and oxygen atoms in total. The fourth-order valence-corrected chi connectivity index (χ4v) is 12.2. The van der Waals surface area contributed by atoms with Crippen molar-refractivity contribution in [3.8, 4) is 56.4 Å². The number of aromatic nitrogens is 2. The minimum atomic E-state index is -2.17. The van der Waals surface area contributed by atoms with Crippen LogP contribution >= 0.6 is 11.3 Å². The van der Waals surface area contributed by atoms with Gasteiger partial charge in [0.05, 0.1) is 17.1 Å². The lowest BCUT2D eigenvalue weighted by atomic mass is 9.82. The summed E-state index contributed by atoms with van der Waals surface area (Å²) < 4.78 is 9.84. The second-order valence-corrected chi connectivity index (χ2v) is 20.0. The van der Waals surface area contributed by atoms with Crippen LogP contribution in [0.2, 0.25) is 13.1 Å². The van der Waals surface area contributed by atoms with Gasteiger partial charge in [-0.15, -0.1) is 11.3 Å². The molecule has 10 rings (SSSR count). The highest BCUT2D eigenvalue weighted by molar-refractivity contribution is 7.25. The van der Waals surface area contributed by atoms with Gasteiger partial charge in [-0.2, -0.15) is 0 Å². The summed E-state index contributed by atoms with van der Waals surface area (Å²) in [7, 11) is -2.17. The molecule has 5 aromatic carbocycles. The van der Waals surface area contributed by atoms with Gasteiger partial charge in [0.2, 0.25) is 0 Å². The Morgan fingerprint density at radius 2 is 1.34 bits per heavy atom. The molecular weight excluding hydrogens is 645 g/mol. The summed E-state index contributed by atoms with van der Waals surface area (Å²) in [6.07, 6.45) is 1.86. The summed E-state index contributed by atoms with van der Waals surface area (Å²) >= 11 is 1.84. The second kappa shape index (κ2) is 10.6. The lowest BCUT2D eigenvalue weighted by Crippen LogP contribution is -2.56. The molecule has 0 atom stereocenters. The molecule has 3 aromatic heterocycles. The van der Waals surface area contributed by atoms with Crippen molar-refractivity contribution >= 4 is 50.0 Å². The lowest BCUT2D eigenvalue weighted by Gasteiger charge is -2.35. The molecule has 0 spiro atoms. The van der Waals surface area contributed by atoms with E-state index in [1.54, 1.807) is 0 Å². The van der Waals surface area contributed by atoms with E-state index in [9.17, 15) is 0 Å². The quantitative estimate of drug-likeness (QED) is 0.175. The first-order valence-electron chi connectivity index (χ1n) is 17.2. The molecule has 8 aromatic rings. The zero-order valence-corrected chi connectivity index (χ0v) is 30.2. The van der Waals surface area contributed by atoms with Crippen molar-refractivity contribution in [2.75, 3.05) is 0 Å². The Bertz CT molecular complexity index is 2690. The van der Waals surface area contributed by atoms with Gasteiger partial charge in [-0.3, -0.25) is 4.98 Å². The minimum absolute atomic E-state index is 0.0990. The molecule has 0 fully saturated rings. The third kappa shape index (κ3) is 4.20. The van der Waals surface area contributed by atoms with Crippen LogP contribution in [0.25, 0.3) is 65.1 Å². The Labute approximate surface area is 296 Å². The Morgan fingerprint density at radius 1 is 0.580 bits per heavy atom. The third-order valence-corrected chi connectivity index (χ3v) is 15.6. The third-order valence-electron chi connectivity index (χ3n) is 11.0. The number of nitrogens with zero attached hydrogens (tertiary/aromatic N) is 2. The normalized spacial score (nSPS) is 14.9. The minimum Gasteiger partial charge on any atom is -0.456 e. The van der Waals surface area contributed by atoms with Gasteiger partial charge in [0.25, 0.3) is 0 Å². The fourth-order valence-electron chi connectivity index (χ4n) is 8.33. The largest absolute Gasteiger partial charge is 0.456 e. The number of rotatable bonds is 3. The molecule has 0 radical (unpaired) electrons. The van der Waals surface area contributed by atoms with Gasteiger partial charge in [0, 0.05) is 54.0 Å². The summed E-state index contributed by atoms with van der Waals surface area (Å²) in [5.41, 5.74) is 11.0. The molecule has 50 heavy (non-hydrogen) atoms. The van der Waals surface area contributed by atoms with Crippen LogP contribution in [0, 0.1) is 0 Å². The monoisotopic (exact) mass is 678 g/mol. The van der Waals surface area contributed by atoms with E-state index >= 15 is 0 Å². The molecule has 0 saturated heterocycles. The van der Waals surface area contributed by atoms with Crippen LogP contribution in [0.3, 0.4) is 0 Å². The maximum Gasteiger partial charge on any atom is 0.136 e. The van der Waals surface area contributed by atoms with E-state index in [4.69, 9.17) is 14.7 Å². The molecule has 2 aliphatic rings. The van der Waals surface area contributed by atoms with Gasteiger partial charge in [-0.1, -0.05) is 106 Å². The number of benzene rings is 5. The first-order chi connectivity index (χ1) is 24.3. The predicted octanol–water partition coefficient (Wildman–Crippen LogP) is 11.1. The van der Waals surface area contributed by atoms with Gasteiger partial charge in [-0.05, 0) is 75.6 Å². The molecule has 0 amide bonds. The number of hydrogen-bond donors (Lipinski definition) is 0. The summed E-state index contributed by atoms with van der Waals surface area (Å²) in [6, 6.07) is 46.0. The maximum absolute atomic E-state index is 7.26. The van der Waals surface area contributed by atoms with Crippen molar-refractivity contribution in [2.45, 2.75) is 32.4 Å². The van der Waals surface area contributed by atoms with Gasteiger partial charge in [0.15, 0.2) is 0 Å². The van der Waals surface area contributed by atoms with Crippen LogP contribution < -0.4 is 15.1 Å². The molecule has 1 aliphatic heterocycles. The molecule has 1 aliphatic carbocycles. The number of thiophene rings is 1. The Hall–Kier alpha value is -5.36. The van der Waals surface area contributed by atoms with Crippen LogP contribution in [0.4, 0.5) is 0 Å². The highest BCUT2D eigenvalue weighted by Crippen LogP contribution is 2.54.